The molecule has 6 rings (SSSR count). The summed E-state index contributed by atoms with van der Waals surface area (Å²) in [7, 11) is 4.89. The van der Waals surface area contributed by atoms with Crippen molar-refractivity contribution in [2.24, 2.45) is 4.99 Å². The van der Waals surface area contributed by atoms with E-state index in [1.807, 2.05) is 50.4 Å². The number of anilines is 2. The van der Waals surface area contributed by atoms with Gasteiger partial charge in [-0.25, -0.2) is 9.69 Å². The highest BCUT2D eigenvalue weighted by molar-refractivity contribution is 6.06. The Hall–Kier alpha value is -6.02. The molecular weight excluding hydrogens is 730 g/mol. The Labute approximate surface area is 333 Å². The van der Waals surface area contributed by atoms with E-state index in [-0.39, 0.29) is 30.3 Å². The molecule has 2 unspecified atom stereocenters. The first-order chi connectivity index (χ1) is 27.5. The quantitative estimate of drug-likeness (QED) is 0.0600. The molecule has 3 amide bonds. The van der Waals surface area contributed by atoms with Crippen LogP contribution in [-0.2, 0) is 16.1 Å². The largest absolute Gasteiger partial charge is 0.493 e. The van der Waals surface area contributed by atoms with Crippen molar-refractivity contribution >= 4 is 41.7 Å². The Morgan fingerprint density at radius 1 is 0.965 bits per heavy atom. The van der Waals surface area contributed by atoms with Crippen LogP contribution in [-0.4, -0.2) is 93.5 Å². The highest BCUT2D eigenvalue weighted by atomic mass is 16.6. The smallest absolute Gasteiger partial charge is 0.416 e. The van der Waals surface area contributed by atoms with Gasteiger partial charge in [0.2, 0.25) is 6.41 Å². The lowest BCUT2D eigenvalue weighted by molar-refractivity contribution is -0.110. The molecule has 2 heterocycles. The molecule has 0 aromatic heterocycles. The topological polar surface area (TPSA) is 160 Å². The number of unbranched alkanes of at least 4 members (excludes halogenated alkanes) is 2. The summed E-state index contributed by atoms with van der Waals surface area (Å²) in [5, 5.41) is 17.6. The molecule has 1 aliphatic carbocycles. The maximum Gasteiger partial charge on any atom is 0.416 e. The summed E-state index contributed by atoms with van der Waals surface area (Å²) in [6.07, 6.45) is 4.04. The molecule has 3 aromatic rings. The van der Waals surface area contributed by atoms with Gasteiger partial charge in [-0.3, -0.25) is 14.6 Å². The second-order valence-corrected chi connectivity index (χ2v) is 14.6. The predicted molar refractivity (Wildman–Crippen MR) is 217 cm³/mol. The van der Waals surface area contributed by atoms with E-state index in [0.717, 1.165) is 45.7 Å². The Bertz CT molecular complexity index is 2020. The monoisotopic (exact) mass is 781 g/mol. The summed E-state index contributed by atoms with van der Waals surface area (Å²) in [4.78, 5) is 46.2. The van der Waals surface area contributed by atoms with E-state index in [9.17, 15) is 19.5 Å². The molecule has 2 aliphatic heterocycles. The fourth-order valence-electron chi connectivity index (χ4n) is 7.36. The van der Waals surface area contributed by atoms with Crippen LogP contribution in [0.15, 0.2) is 77.8 Å². The maximum atomic E-state index is 13.9. The van der Waals surface area contributed by atoms with Gasteiger partial charge in [-0.15, -0.1) is 0 Å². The van der Waals surface area contributed by atoms with Crippen LogP contribution in [0.3, 0.4) is 0 Å². The molecule has 0 bridgehead atoms. The number of aliphatic hydroxyl groups excluding tert-OH is 1. The van der Waals surface area contributed by atoms with Gasteiger partial charge >= 0.3 is 6.09 Å². The van der Waals surface area contributed by atoms with Crippen LogP contribution in [0.5, 0.6) is 23.0 Å². The molecule has 2 atom stereocenters. The summed E-state index contributed by atoms with van der Waals surface area (Å²) in [6.45, 7) is 10.9. The van der Waals surface area contributed by atoms with Crippen molar-refractivity contribution in [1.29, 1.82) is 0 Å². The maximum absolute atomic E-state index is 13.9. The first kappa shape index (κ1) is 40.6. The van der Waals surface area contributed by atoms with Crippen LogP contribution in [0.4, 0.5) is 21.9 Å². The Morgan fingerprint density at radius 3 is 2.26 bits per heavy atom. The van der Waals surface area contributed by atoms with E-state index in [1.54, 1.807) is 25.5 Å². The van der Waals surface area contributed by atoms with Crippen molar-refractivity contribution in [1.82, 2.24) is 10.2 Å². The molecule has 14 nitrogen and oxygen atoms in total. The SMILES string of the molecule is C=C1CC2C(O)N(C(=O)OCc3ccc(NC)cc3)c3cc(OCCCCCOc4cc(N=CC5(NC=O)CC(=C)C5)c(C)cc4OC)c(OC)cc3C(=O)N2C1. The lowest BCUT2D eigenvalue weighted by Crippen LogP contribution is -2.52. The van der Waals surface area contributed by atoms with Crippen molar-refractivity contribution in [3.8, 4) is 23.0 Å². The van der Waals surface area contributed by atoms with E-state index < -0.39 is 23.9 Å². The van der Waals surface area contributed by atoms with Gasteiger partial charge in [0.05, 0.1) is 56.0 Å². The van der Waals surface area contributed by atoms with Gasteiger partial charge in [0.1, 0.15) is 6.61 Å². The molecule has 3 aromatic carbocycles. The third kappa shape index (κ3) is 9.01. The number of fused-ring (bicyclic) bond motifs is 2. The number of rotatable bonds is 17. The van der Waals surface area contributed by atoms with Gasteiger partial charge in [-0.2, -0.15) is 0 Å². The Balaban J connectivity index is 1.10. The molecule has 3 N–H and O–H groups in total. The summed E-state index contributed by atoms with van der Waals surface area (Å²) in [5.41, 5.74) is 4.94. The molecule has 1 saturated carbocycles. The number of nitrogens with one attached hydrogen (secondary N) is 2. The van der Waals surface area contributed by atoms with Crippen LogP contribution >= 0.6 is 0 Å². The van der Waals surface area contributed by atoms with Gasteiger partial charge in [-0.05, 0) is 80.8 Å². The number of benzene rings is 3. The second kappa shape index (κ2) is 17.8. The van der Waals surface area contributed by atoms with Crippen molar-refractivity contribution in [3.05, 3.63) is 89.5 Å². The van der Waals surface area contributed by atoms with Crippen molar-refractivity contribution < 1.29 is 43.2 Å². The van der Waals surface area contributed by atoms with Gasteiger partial charge in [0.15, 0.2) is 29.2 Å². The Kier molecular flexibility index (Phi) is 12.7. The van der Waals surface area contributed by atoms with Crippen molar-refractivity contribution in [3.63, 3.8) is 0 Å². The number of hydrogen-bond acceptors (Lipinski definition) is 11. The van der Waals surface area contributed by atoms with Gasteiger partial charge in [0, 0.05) is 37.6 Å². The number of aliphatic hydroxyl groups is 1. The van der Waals surface area contributed by atoms with E-state index in [2.05, 4.69) is 28.8 Å². The number of amides is 3. The summed E-state index contributed by atoms with van der Waals surface area (Å²) < 4.78 is 29.2. The number of aryl methyl sites for hydroxylation is 1. The van der Waals surface area contributed by atoms with E-state index in [0.29, 0.717) is 74.0 Å². The summed E-state index contributed by atoms with van der Waals surface area (Å²) in [6, 6.07) is 13.5. The standard InChI is InChI=1S/C43H51N5O9/c1-27-16-35-41(51)48(42(52)57-24-30-10-12-31(44-4)13-11-30)34-20-39(37(54-6)18-32(34)40(50)47(35)23-27)56-15-9-7-8-14-55-38-19-33(29(3)17-36(38)53-5)45-25-43(46-26-49)21-28(2)22-43/h10-13,17-20,25-26,35,41,44,51H,1-2,7-9,14-16,21-24H2,3-6H3,(H,46,49). The number of hydrogen-bond donors (Lipinski definition) is 3. The van der Waals surface area contributed by atoms with Gasteiger partial charge < -0.3 is 44.3 Å². The molecule has 302 valence electrons. The number of carbonyl (C=O) groups is 3. The Morgan fingerprint density at radius 2 is 1.63 bits per heavy atom. The minimum Gasteiger partial charge on any atom is -0.493 e. The first-order valence-electron chi connectivity index (χ1n) is 19.0. The molecular formula is C43H51N5O9. The molecule has 14 heteroatoms. The molecule has 0 spiro atoms. The summed E-state index contributed by atoms with van der Waals surface area (Å²) in [5.74, 6) is 1.43. The molecule has 1 saturated heterocycles. The second-order valence-electron chi connectivity index (χ2n) is 14.6. The zero-order valence-electron chi connectivity index (χ0n) is 33.0. The van der Waals surface area contributed by atoms with Crippen molar-refractivity contribution in [2.75, 3.05) is 51.2 Å². The van der Waals surface area contributed by atoms with Gasteiger partial charge in [-0.1, -0.05) is 36.4 Å². The molecule has 0 radical (unpaired) electrons. The molecule has 57 heavy (non-hydrogen) atoms. The van der Waals surface area contributed by atoms with Crippen LogP contribution < -0.4 is 34.5 Å². The van der Waals surface area contributed by atoms with E-state index in [1.165, 1.54) is 12.0 Å². The fourth-order valence-corrected chi connectivity index (χ4v) is 7.36. The first-order valence-corrected chi connectivity index (χ1v) is 19.0. The minimum absolute atomic E-state index is 0.0386. The lowest BCUT2D eigenvalue weighted by atomic mass is 9.74. The number of methoxy groups -OCH3 is 2. The predicted octanol–water partition coefficient (Wildman–Crippen LogP) is 6.47. The van der Waals surface area contributed by atoms with Crippen LogP contribution in [0.25, 0.3) is 0 Å². The summed E-state index contributed by atoms with van der Waals surface area (Å²) >= 11 is 0. The molecule has 3 aliphatic rings. The number of ether oxygens (including phenoxy) is 5. The minimum atomic E-state index is -1.40. The molecule has 2 fully saturated rings. The van der Waals surface area contributed by atoms with Crippen LogP contribution in [0.1, 0.15) is 60.0 Å². The van der Waals surface area contributed by atoms with Gasteiger partial charge in [0.25, 0.3) is 5.91 Å². The average Bonchev–Trinajstić information content (AvgIpc) is 3.57. The third-order valence-electron chi connectivity index (χ3n) is 10.4. The number of carbonyl (C=O) groups excluding carboxylic acids is 3. The average molecular weight is 782 g/mol. The zero-order chi connectivity index (χ0) is 40.7. The number of nitrogens with zero attached hydrogens (tertiary/aromatic N) is 3. The third-order valence-corrected chi connectivity index (χ3v) is 10.4. The number of aliphatic imine (C=N–C) groups is 1. The highest BCUT2D eigenvalue weighted by Gasteiger charge is 2.46. The normalized spacial score (nSPS) is 18.3. The van der Waals surface area contributed by atoms with Crippen LogP contribution in [0.2, 0.25) is 0 Å². The van der Waals surface area contributed by atoms with E-state index >= 15 is 0 Å². The lowest BCUT2D eigenvalue weighted by Gasteiger charge is -2.39. The zero-order valence-corrected chi connectivity index (χ0v) is 33.0. The van der Waals surface area contributed by atoms with Crippen LogP contribution in [0, 0.1) is 6.92 Å². The fraction of sp³-hybridized carbons (Fsp3) is 0.395. The van der Waals surface area contributed by atoms with E-state index in [4.69, 9.17) is 23.7 Å². The highest BCUT2D eigenvalue weighted by Crippen LogP contribution is 2.42. The van der Waals surface area contributed by atoms with Crippen molar-refractivity contribution in [2.45, 2.75) is 69.9 Å².